The van der Waals surface area contributed by atoms with Crippen LogP contribution in [0.15, 0.2) is 30.3 Å². The maximum atomic E-state index is 12.1. The minimum atomic E-state index is -0.0319. The van der Waals surface area contributed by atoms with Gasteiger partial charge in [-0.05, 0) is 32.0 Å². The van der Waals surface area contributed by atoms with E-state index in [1.807, 2.05) is 42.3 Å². The van der Waals surface area contributed by atoms with Gasteiger partial charge in [0.15, 0.2) is 0 Å². The molecule has 2 amide bonds. The van der Waals surface area contributed by atoms with E-state index in [9.17, 15) is 9.59 Å². The molecule has 1 fully saturated rings. The van der Waals surface area contributed by atoms with E-state index < -0.39 is 0 Å². The highest BCUT2D eigenvalue weighted by Crippen LogP contribution is 2.12. The molecule has 21 heavy (non-hydrogen) atoms. The van der Waals surface area contributed by atoms with E-state index in [1.165, 1.54) is 0 Å². The molecule has 0 saturated carbocycles. The van der Waals surface area contributed by atoms with Gasteiger partial charge in [0.25, 0.3) is 5.91 Å². The summed E-state index contributed by atoms with van der Waals surface area (Å²) in [5, 5.41) is 6.03. The number of carbonyl (C=O) groups excluding carboxylic acids is 2. The summed E-state index contributed by atoms with van der Waals surface area (Å²) < 4.78 is 0. The first-order chi connectivity index (χ1) is 10.2. The first-order valence-electron chi connectivity index (χ1n) is 7.49. The van der Waals surface area contributed by atoms with E-state index >= 15 is 0 Å². The Kier molecular flexibility index (Phi) is 5.75. The second kappa shape index (κ2) is 7.78. The summed E-state index contributed by atoms with van der Waals surface area (Å²) in [5.41, 5.74) is 0.685. The zero-order chi connectivity index (χ0) is 15.1. The van der Waals surface area contributed by atoms with Crippen molar-refractivity contribution in [2.75, 3.05) is 26.7 Å². The second-order valence-electron chi connectivity index (χ2n) is 5.35. The fourth-order valence-electron chi connectivity index (χ4n) is 2.52. The van der Waals surface area contributed by atoms with Crippen molar-refractivity contribution in [3.8, 4) is 0 Å². The third-order valence-electron chi connectivity index (χ3n) is 3.81. The SMILES string of the molecule is CNCCC(=O)N1CCC(NC(=O)c2ccccc2)CC1. The number of hydrogen-bond acceptors (Lipinski definition) is 3. The van der Waals surface area contributed by atoms with Crippen molar-refractivity contribution in [2.24, 2.45) is 0 Å². The molecule has 5 heteroatoms. The van der Waals surface area contributed by atoms with Crippen molar-refractivity contribution in [1.82, 2.24) is 15.5 Å². The Labute approximate surface area is 125 Å². The van der Waals surface area contributed by atoms with Crippen LogP contribution >= 0.6 is 0 Å². The number of benzene rings is 1. The molecule has 114 valence electrons. The van der Waals surface area contributed by atoms with E-state index in [0.717, 1.165) is 25.9 Å². The van der Waals surface area contributed by atoms with Crippen molar-refractivity contribution < 1.29 is 9.59 Å². The third kappa shape index (κ3) is 4.56. The Hall–Kier alpha value is -1.88. The van der Waals surface area contributed by atoms with Crippen molar-refractivity contribution >= 4 is 11.8 Å². The van der Waals surface area contributed by atoms with Gasteiger partial charge in [-0.25, -0.2) is 0 Å². The summed E-state index contributed by atoms with van der Waals surface area (Å²) in [5.74, 6) is 0.160. The van der Waals surface area contributed by atoms with Crippen molar-refractivity contribution in [3.63, 3.8) is 0 Å². The topological polar surface area (TPSA) is 61.4 Å². The first-order valence-corrected chi connectivity index (χ1v) is 7.49. The number of carbonyl (C=O) groups is 2. The van der Waals surface area contributed by atoms with E-state index in [-0.39, 0.29) is 17.9 Å². The van der Waals surface area contributed by atoms with Gasteiger partial charge in [-0.15, -0.1) is 0 Å². The fourth-order valence-corrected chi connectivity index (χ4v) is 2.52. The lowest BCUT2D eigenvalue weighted by Crippen LogP contribution is -2.46. The highest BCUT2D eigenvalue weighted by Gasteiger charge is 2.23. The summed E-state index contributed by atoms with van der Waals surface area (Å²) in [6, 6.07) is 9.39. The first kappa shape index (κ1) is 15.5. The molecular weight excluding hydrogens is 266 g/mol. The lowest BCUT2D eigenvalue weighted by atomic mass is 10.0. The number of hydrogen-bond donors (Lipinski definition) is 2. The maximum absolute atomic E-state index is 12.1. The van der Waals surface area contributed by atoms with E-state index in [2.05, 4.69) is 10.6 Å². The number of nitrogens with one attached hydrogen (secondary N) is 2. The van der Waals surface area contributed by atoms with Gasteiger partial charge in [0.05, 0.1) is 0 Å². The van der Waals surface area contributed by atoms with Gasteiger partial charge in [0.1, 0.15) is 0 Å². The molecule has 1 aromatic carbocycles. The summed E-state index contributed by atoms with van der Waals surface area (Å²) in [6.07, 6.45) is 2.19. The van der Waals surface area contributed by atoms with E-state index in [0.29, 0.717) is 18.5 Å². The van der Waals surface area contributed by atoms with Crippen LogP contribution in [0.25, 0.3) is 0 Å². The van der Waals surface area contributed by atoms with Crippen molar-refractivity contribution in [3.05, 3.63) is 35.9 Å². The molecule has 0 radical (unpaired) electrons. The monoisotopic (exact) mass is 289 g/mol. The van der Waals surface area contributed by atoms with Crippen LogP contribution in [0, 0.1) is 0 Å². The summed E-state index contributed by atoms with van der Waals surface area (Å²) in [7, 11) is 1.85. The molecule has 0 spiro atoms. The quantitative estimate of drug-likeness (QED) is 0.850. The molecule has 5 nitrogen and oxygen atoms in total. The molecule has 1 aliphatic heterocycles. The average molecular weight is 289 g/mol. The molecule has 0 atom stereocenters. The molecule has 0 unspecified atom stereocenters. The molecule has 1 saturated heterocycles. The van der Waals surface area contributed by atoms with E-state index in [4.69, 9.17) is 0 Å². The molecular formula is C16H23N3O2. The van der Waals surface area contributed by atoms with Crippen LogP contribution in [0.1, 0.15) is 29.6 Å². The maximum Gasteiger partial charge on any atom is 0.251 e. The Morgan fingerprint density at radius 1 is 1.19 bits per heavy atom. The van der Waals surface area contributed by atoms with Gasteiger partial charge in [-0.3, -0.25) is 9.59 Å². The summed E-state index contributed by atoms with van der Waals surface area (Å²) in [4.78, 5) is 25.9. The Bertz CT molecular complexity index is 468. The molecule has 1 aliphatic rings. The zero-order valence-corrected chi connectivity index (χ0v) is 12.5. The van der Waals surface area contributed by atoms with Crippen LogP contribution in [0.5, 0.6) is 0 Å². The largest absolute Gasteiger partial charge is 0.349 e. The summed E-state index contributed by atoms with van der Waals surface area (Å²) in [6.45, 7) is 2.16. The lowest BCUT2D eigenvalue weighted by Gasteiger charge is -2.32. The van der Waals surface area contributed by atoms with Gasteiger partial charge in [0.2, 0.25) is 5.91 Å². The smallest absolute Gasteiger partial charge is 0.251 e. The van der Waals surface area contributed by atoms with Gasteiger partial charge in [0, 0.05) is 37.7 Å². The summed E-state index contributed by atoms with van der Waals surface area (Å²) >= 11 is 0. The number of piperidine rings is 1. The Balaban J connectivity index is 1.77. The third-order valence-corrected chi connectivity index (χ3v) is 3.81. The standard InChI is InChI=1S/C16H23N3O2/c1-17-10-7-15(20)19-11-8-14(9-12-19)18-16(21)13-5-3-2-4-6-13/h2-6,14,17H,7-12H2,1H3,(H,18,21). The minimum Gasteiger partial charge on any atom is -0.349 e. The van der Waals surface area contributed by atoms with Gasteiger partial charge < -0.3 is 15.5 Å². The molecule has 1 heterocycles. The Morgan fingerprint density at radius 2 is 1.86 bits per heavy atom. The van der Waals surface area contributed by atoms with Crippen LogP contribution in [0.2, 0.25) is 0 Å². The van der Waals surface area contributed by atoms with Crippen LogP contribution in [-0.2, 0) is 4.79 Å². The normalized spacial score (nSPS) is 15.8. The predicted molar refractivity (Wildman–Crippen MR) is 82.1 cm³/mol. The highest BCUT2D eigenvalue weighted by atomic mass is 16.2. The van der Waals surface area contributed by atoms with Crippen LogP contribution < -0.4 is 10.6 Å². The predicted octanol–water partition coefficient (Wildman–Crippen LogP) is 1.02. The lowest BCUT2D eigenvalue weighted by molar-refractivity contribution is -0.132. The van der Waals surface area contributed by atoms with Crippen LogP contribution in [0.3, 0.4) is 0 Å². The van der Waals surface area contributed by atoms with Crippen molar-refractivity contribution in [1.29, 1.82) is 0 Å². The molecule has 1 aromatic rings. The number of nitrogens with zero attached hydrogens (tertiary/aromatic N) is 1. The van der Waals surface area contributed by atoms with Crippen molar-refractivity contribution in [2.45, 2.75) is 25.3 Å². The van der Waals surface area contributed by atoms with Crippen LogP contribution in [-0.4, -0.2) is 49.4 Å². The molecule has 2 rings (SSSR count). The zero-order valence-electron chi connectivity index (χ0n) is 12.5. The number of rotatable bonds is 5. The Morgan fingerprint density at radius 3 is 2.48 bits per heavy atom. The minimum absolute atomic E-state index is 0.0319. The molecule has 2 N–H and O–H groups in total. The van der Waals surface area contributed by atoms with Crippen LogP contribution in [0.4, 0.5) is 0 Å². The molecule has 0 aliphatic carbocycles. The van der Waals surface area contributed by atoms with E-state index in [1.54, 1.807) is 0 Å². The number of likely N-dealkylation sites (tertiary alicyclic amines) is 1. The molecule has 0 bridgehead atoms. The van der Waals surface area contributed by atoms with Gasteiger partial charge >= 0.3 is 0 Å². The van der Waals surface area contributed by atoms with Gasteiger partial charge in [-0.1, -0.05) is 18.2 Å². The molecule has 0 aromatic heterocycles. The average Bonchev–Trinajstić information content (AvgIpc) is 2.54. The van der Waals surface area contributed by atoms with Gasteiger partial charge in [-0.2, -0.15) is 0 Å². The fraction of sp³-hybridized carbons (Fsp3) is 0.500. The second-order valence-corrected chi connectivity index (χ2v) is 5.35. The number of amides is 2. The highest BCUT2D eigenvalue weighted by molar-refractivity contribution is 5.94.